The highest BCUT2D eigenvalue weighted by molar-refractivity contribution is 6.04. The van der Waals surface area contributed by atoms with Crippen LogP contribution in [-0.4, -0.2) is 40.1 Å². The van der Waals surface area contributed by atoms with E-state index in [1.165, 1.54) is 25.3 Å². The second-order valence-electron chi connectivity index (χ2n) is 7.88. The summed E-state index contributed by atoms with van der Waals surface area (Å²) in [5.74, 6) is -0.982. The van der Waals surface area contributed by atoms with Crippen LogP contribution in [0, 0.1) is 5.82 Å². The van der Waals surface area contributed by atoms with E-state index in [-0.39, 0.29) is 18.4 Å². The highest BCUT2D eigenvalue weighted by atomic mass is 19.1. The van der Waals surface area contributed by atoms with Gasteiger partial charge in [-0.15, -0.1) is 0 Å². The number of hydrogen-bond acceptors (Lipinski definition) is 5. The average molecular weight is 427 g/mol. The molecule has 1 aliphatic rings. The zero-order valence-electron chi connectivity index (χ0n) is 17.3. The largest absolute Gasteiger partial charge is 0.494 e. The predicted octanol–water partition coefficient (Wildman–Crippen LogP) is 3.34. The number of primary amides is 1. The van der Waals surface area contributed by atoms with Crippen molar-refractivity contribution in [1.29, 1.82) is 0 Å². The van der Waals surface area contributed by atoms with Crippen LogP contribution in [0.4, 0.5) is 4.39 Å². The van der Waals surface area contributed by atoms with Gasteiger partial charge in [0.1, 0.15) is 17.7 Å². The van der Waals surface area contributed by atoms with Crippen LogP contribution in [0.15, 0.2) is 42.6 Å². The number of carbonyl (C=O) groups is 1. The lowest BCUT2D eigenvalue weighted by atomic mass is 10.0. The lowest BCUT2D eigenvalue weighted by Crippen LogP contribution is -2.31. The third kappa shape index (κ3) is 4.55. The summed E-state index contributed by atoms with van der Waals surface area (Å²) in [6, 6.07) is 9.51. The van der Waals surface area contributed by atoms with Crippen LogP contribution < -0.4 is 10.5 Å². The second kappa shape index (κ2) is 9.03. The monoisotopic (exact) mass is 427 g/mol. The summed E-state index contributed by atoms with van der Waals surface area (Å²) in [7, 11) is 1.38. The van der Waals surface area contributed by atoms with E-state index in [0.717, 1.165) is 31.1 Å². The van der Waals surface area contributed by atoms with Crippen molar-refractivity contribution in [1.82, 2.24) is 9.78 Å². The van der Waals surface area contributed by atoms with Gasteiger partial charge in [0.25, 0.3) is 5.91 Å². The molecule has 31 heavy (non-hydrogen) atoms. The number of halogens is 1. The molecule has 0 radical (unpaired) electrons. The van der Waals surface area contributed by atoms with Crippen LogP contribution in [0.5, 0.6) is 5.75 Å². The molecule has 3 N–H and O–H groups in total. The lowest BCUT2D eigenvalue weighted by Gasteiger charge is -2.27. The number of amides is 1. The number of aliphatic hydroxyl groups excluding tert-OH is 1. The average Bonchev–Trinajstić information content (AvgIpc) is 3.42. The first kappa shape index (κ1) is 21.3. The molecule has 0 spiro atoms. The van der Waals surface area contributed by atoms with Gasteiger partial charge < -0.3 is 20.3 Å². The van der Waals surface area contributed by atoms with E-state index in [0.29, 0.717) is 16.6 Å². The van der Waals surface area contributed by atoms with Crippen molar-refractivity contribution in [2.45, 2.75) is 50.5 Å². The van der Waals surface area contributed by atoms with Crippen molar-refractivity contribution in [3.63, 3.8) is 0 Å². The highest BCUT2D eigenvalue weighted by Gasteiger charge is 2.28. The first-order chi connectivity index (χ1) is 15.0. The molecule has 8 heteroatoms. The molecule has 0 bridgehead atoms. The van der Waals surface area contributed by atoms with E-state index in [2.05, 4.69) is 5.10 Å². The van der Waals surface area contributed by atoms with Gasteiger partial charge >= 0.3 is 0 Å². The van der Waals surface area contributed by atoms with Crippen molar-refractivity contribution in [2.24, 2.45) is 5.73 Å². The number of fused-ring (bicyclic) bond motifs is 1. The molecular formula is C23H26FN3O4. The smallest absolute Gasteiger partial charge is 0.250 e. The van der Waals surface area contributed by atoms with Gasteiger partial charge in [-0.1, -0.05) is 31.0 Å². The maximum atomic E-state index is 13.8. The number of carbonyl (C=O) groups excluding carboxylic acids is 1. The van der Waals surface area contributed by atoms with Crippen LogP contribution in [0.3, 0.4) is 0 Å². The zero-order chi connectivity index (χ0) is 22.0. The second-order valence-corrected chi connectivity index (χ2v) is 7.88. The number of ether oxygens (including phenoxy) is 2. The molecule has 2 aromatic carbocycles. The Morgan fingerprint density at radius 1 is 1.32 bits per heavy atom. The van der Waals surface area contributed by atoms with Crippen LogP contribution in [-0.2, 0) is 11.3 Å². The minimum atomic E-state index is -1.02. The van der Waals surface area contributed by atoms with E-state index in [1.807, 2.05) is 6.07 Å². The number of rotatable bonds is 8. The first-order valence-electron chi connectivity index (χ1n) is 10.4. The third-order valence-electron chi connectivity index (χ3n) is 5.75. The van der Waals surface area contributed by atoms with Crippen LogP contribution >= 0.6 is 0 Å². The standard InChI is InChI=1S/C23H26FN3O4/c1-30-19-11-14(9-10-18(19)24)22(28)20(31-16-6-2-3-7-16)13-27-12-15-5-4-8-17(23(25)29)21(15)26-27/h4-5,8-12,16,20,22,28H,2-3,6-7,13H2,1H3,(H2,25,29)/t20-,22-/m0/s1. The maximum absolute atomic E-state index is 13.8. The molecular weight excluding hydrogens is 401 g/mol. The summed E-state index contributed by atoms with van der Waals surface area (Å²) in [4.78, 5) is 11.7. The van der Waals surface area contributed by atoms with Crippen molar-refractivity contribution < 1.29 is 23.8 Å². The van der Waals surface area contributed by atoms with Gasteiger partial charge in [-0.3, -0.25) is 9.48 Å². The molecule has 1 fully saturated rings. The maximum Gasteiger partial charge on any atom is 0.250 e. The van der Waals surface area contributed by atoms with E-state index in [1.54, 1.807) is 23.0 Å². The Bertz CT molecular complexity index is 1080. The summed E-state index contributed by atoms with van der Waals surface area (Å²) in [6.45, 7) is 0.254. The molecule has 3 aromatic rings. The fourth-order valence-corrected chi connectivity index (χ4v) is 4.14. The highest BCUT2D eigenvalue weighted by Crippen LogP contribution is 2.30. The Morgan fingerprint density at radius 2 is 2.10 bits per heavy atom. The van der Waals surface area contributed by atoms with Crippen molar-refractivity contribution >= 4 is 16.8 Å². The molecule has 1 heterocycles. The van der Waals surface area contributed by atoms with Gasteiger partial charge in [0.2, 0.25) is 0 Å². The van der Waals surface area contributed by atoms with Crippen LogP contribution in [0.2, 0.25) is 0 Å². The number of methoxy groups -OCH3 is 1. The topological polar surface area (TPSA) is 99.6 Å². The van der Waals surface area contributed by atoms with E-state index in [9.17, 15) is 14.3 Å². The number of benzene rings is 2. The molecule has 0 saturated heterocycles. The van der Waals surface area contributed by atoms with Crippen molar-refractivity contribution in [2.75, 3.05) is 7.11 Å². The predicted molar refractivity (Wildman–Crippen MR) is 113 cm³/mol. The Hall–Kier alpha value is -2.97. The van der Waals surface area contributed by atoms with Gasteiger partial charge in [0.15, 0.2) is 11.6 Å². The van der Waals surface area contributed by atoms with Gasteiger partial charge in [0, 0.05) is 11.6 Å². The Labute approximate surface area is 179 Å². The number of nitrogens with two attached hydrogens (primary N) is 1. The van der Waals surface area contributed by atoms with Gasteiger partial charge in [0.05, 0.1) is 25.3 Å². The Kier molecular flexibility index (Phi) is 6.20. The molecule has 4 rings (SSSR count). The molecule has 2 atom stereocenters. The van der Waals surface area contributed by atoms with Gasteiger partial charge in [-0.05, 0) is 36.6 Å². The third-order valence-corrected chi connectivity index (χ3v) is 5.75. The molecule has 0 unspecified atom stereocenters. The quantitative estimate of drug-likeness (QED) is 0.574. The Balaban J connectivity index is 1.64. The SMILES string of the molecule is COc1cc([C@H](O)[C@H](Cn2cc3cccc(C(N)=O)c3n2)OC2CCCC2)ccc1F. The van der Waals surface area contributed by atoms with Gasteiger partial charge in [-0.2, -0.15) is 5.10 Å². The van der Waals surface area contributed by atoms with Crippen molar-refractivity contribution in [3.8, 4) is 5.75 Å². The fourth-order valence-electron chi connectivity index (χ4n) is 4.14. The molecule has 1 saturated carbocycles. The zero-order valence-corrected chi connectivity index (χ0v) is 17.3. The van der Waals surface area contributed by atoms with Crippen molar-refractivity contribution in [3.05, 3.63) is 59.5 Å². The summed E-state index contributed by atoms with van der Waals surface area (Å²) in [5.41, 5.74) is 6.81. The molecule has 0 aliphatic heterocycles. The lowest BCUT2D eigenvalue weighted by molar-refractivity contribution is -0.0844. The number of aliphatic hydroxyl groups is 1. The normalized spacial score (nSPS) is 16.5. The fraction of sp³-hybridized carbons (Fsp3) is 0.391. The summed E-state index contributed by atoms with van der Waals surface area (Å²) in [6.07, 6.45) is 4.25. The Morgan fingerprint density at radius 3 is 2.81 bits per heavy atom. The van der Waals surface area contributed by atoms with E-state index < -0.39 is 23.9 Å². The van der Waals surface area contributed by atoms with E-state index in [4.69, 9.17) is 15.2 Å². The first-order valence-corrected chi connectivity index (χ1v) is 10.4. The number of aromatic nitrogens is 2. The minimum Gasteiger partial charge on any atom is -0.494 e. The van der Waals surface area contributed by atoms with E-state index >= 15 is 0 Å². The van der Waals surface area contributed by atoms with Gasteiger partial charge in [-0.25, -0.2) is 4.39 Å². The molecule has 164 valence electrons. The molecule has 1 aliphatic carbocycles. The summed E-state index contributed by atoms with van der Waals surface area (Å²) >= 11 is 0. The summed E-state index contributed by atoms with van der Waals surface area (Å²) < 4.78 is 26.8. The molecule has 1 amide bonds. The van der Waals surface area contributed by atoms with Crippen LogP contribution in [0.1, 0.15) is 47.7 Å². The molecule has 1 aromatic heterocycles. The number of hydrogen-bond donors (Lipinski definition) is 2. The minimum absolute atomic E-state index is 0.0492. The number of nitrogens with zero attached hydrogens (tertiary/aromatic N) is 2. The summed E-state index contributed by atoms with van der Waals surface area (Å²) in [5, 5.41) is 16.4. The van der Waals surface area contributed by atoms with Crippen LogP contribution in [0.25, 0.3) is 10.9 Å². The molecule has 7 nitrogen and oxygen atoms in total.